The van der Waals surface area contributed by atoms with E-state index in [9.17, 15) is 9.90 Å². The van der Waals surface area contributed by atoms with Gasteiger partial charge >= 0.3 is 0 Å². The molecule has 1 amide bonds. The van der Waals surface area contributed by atoms with Crippen molar-refractivity contribution < 1.29 is 9.90 Å². The third-order valence-corrected chi connectivity index (χ3v) is 7.58. The molecule has 184 valence electrons. The first-order chi connectivity index (χ1) is 17.3. The number of aromatic nitrogens is 1. The fourth-order valence-corrected chi connectivity index (χ4v) is 5.42. The standard InChI is InChI=1S/C30H28Cl2N2O2/c1-33-27-13-11-24(32)19-26(27)25(29(33)22-7-9-23(31)10-8-22)12-14-28(35)34-17-15-30(36,16-18-34)20-21-5-3-2-4-6-21/h2-14,19,36H,15-18,20H2,1H3/b14-12+. The van der Waals surface area contributed by atoms with Gasteiger partial charge in [0.15, 0.2) is 0 Å². The monoisotopic (exact) mass is 518 g/mol. The molecule has 4 nitrogen and oxygen atoms in total. The summed E-state index contributed by atoms with van der Waals surface area (Å²) in [6.07, 6.45) is 5.24. The summed E-state index contributed by atoms with van der Waals surface area (Å²) in [5.74, 6) is -0.0575. The SMILES string of the molecule is Cn1c(-c2ccc(Cl)cc2)c(/C=C/C(=O)N2CCC(O)(Cc3ccccc3)CC2)c2cc(Cl)ccc21. The maximum atomic E-state index is 13.2. The van der Waals surface area contributed by atoms with Gasteiger partial charge in [-0.2, -0.15) is 0 Å². The van der Waals surface area contributed by atoms with E-state index in [1.54, 1.807) is 6.08 Å². The third-order valence-electron chi connectivity index (χ3n) is 7.09. The van der Waals surface area contributed by atoms with Crippen LogP contribution in [-0.4, -0.2) is 39.2 Å². The number of hydrogen-bond acceptors (Lipinski definition) is 2. The molecular weight excluding hydrogens is 491 g/mol. The molecule has 0 radical (unpaired) electrons. The summed E-state index contributed by atoms with van der Waals surface area (Å²) in [4.78, 5) is 15.0. The van der Waals surface area contributed by atoms with Gasteiger partial charge < -0.3 is 14.6 Å². The molecule has 6 heteroatoms. The predicted molar refractivity (Wildman–Crippen MR) is 148 cm³/mol. The van der Waals surface area contributed by atoms with Gasteiger partial charge in [-0.3, -0.25) is 4.79 Å². The predicted octanol–water partition coefficient (Wildman–Crippen LogP) is 6.76. The zero-order chi connectivity index (χ0) is 25.3. The Morgan fingerprint density at radius 2 is 1.64 bits per heavy atom. The summed E-state index contributed by atoms with van der Waals surface area (Å²) < 4.78 is 2.11. The van der Waals surface area contributed by atoms with Crippen molar-refractivity contribution in [3.63, 3.8) is 0 Å². The molecule has 36 heavy (non-hydrogen) atoms. The molecule has 1 N–H and O–H groups in total. The molecule has 0 unspecified atom stereocenters. The first-order valence-corrected chi connectivity index (χ1v) is 12.9. The van der Waals surface area contributed by atoms with Crippen molar-refractivity contribution in [3.8, 4) is 11.3 Å². The minimum Gasteiger partial charge on any atom is -0.389 e. The molecule has 0 atom stereocenters. The van der Waals surface area contributed by atoms with Crippen LogP contribution >= 0.6 is 23.2 Å². The number of hydrogen-bond donors (Lipinski definition) is 1. The third kappa shape index (κ3) is 5.08. The number of carbonyl (C=O) groups excluding carboxylic acids is 1. The molecule has 0 spiro atoms. The molecule has 3 aromatic carbocycles. The van der Waals surface area contributed by atoms with Crippen LogP contribution in [0, 0.1) is 0 Å². The van der Waals surface area contributed by atoms with Gasteiger partial charge in [0.2, 0.25) is 5.91 Å². The van der Waals surface area contributed by atoms with Crippen LogP contribution in [0.4, 0.5) is 0 Å². The highest BCUT2D eigenvalue weighted by molar-refractivity contribution is 6.31. The molecule has 4 aromatic rings. The van der Waals surface area contributed by atoms with Gasteiger partial charge in [-0.05, 0) is 60.4 Å². The maximum absolute atomic E-state index is 13.2. The number of aliphatic hydroxyl groups is 1. The molecule has 1 aromatic heterocycles. The van der Waals surface area contributed by atoms with E-state index in [2.05, 4.69) is 4.57 Å². The molecule has 2 heterocycles. The highest BCUT2D eigenvalue weighted by atomic mass is 35.5. The molecule has 0 saturated carbocycles. The number of amides is 1. The Morgan fingerprint density at radius 3 is 2.33 bits per heavy atom. The number of piperidine rings is 1. The Kier molecular flexibility index (Phi) is 6.94. The average molecular weight is 519 g/mol. The number of halogens is 2. The first kappa shape index (κ1) is 24.6. The van der Waals surface area contributed by atoms with Gasteiger partial charge in [-0.15, -0.1) is 0 Å². The van der Waals surface area contributed by atoms with Crippen LogP contribution in [0.2, 0.25) is 10.0 Å². The van der Waals surface area contributed by atoms with Crippen LogP contribution < -0.4 is 0 Å². The summed E-state index contributed by atoms with van der Waals surface area (Å²) in [6.45, 7) is 1.05. The number of nitrogens with zero attached hydrogens (tertiary/aromatic N) is 2. The quantitative estimate of drug-likeness (QED) is 0.296. The lowest BCUT2D eigenvalue weighted by molar-refractivity contribution is -0.130. The molecular formula is C30H28Cl2N2O2. The maximum Gasteiger partial charge on any atom is 0.246 e. The van der Waals surface area contributed by atoms with E-state index in [0.29, 0.717) is 42.4 Å². The number of aryl methyl sites for hydroxylation is 1. The average Bonchev–Trinajstić information content (AvgIpc) is 3.14. The highest BCUT2D eigenvalue weighted by Gasteiger charge is 2.33. The fraction of sp³-hybridized carbons (Fsp3) is 0.233. The second-order valence-electron chi connectivity index (χ2n) is 9.53. The van der Waals surface area contributed by atoms with Gasteiger partial charge in [0.25, 0.3) is 0 Å². The van der Waals surface area contributed by atoms with Crippen molar-refractivity contribution in [2.24, 2.45) is 7.05 Å². The molecule has 0 aliphatic carbocycles. The van der Waals surface area contributed by atoms with E-state index in [0.717, 1.165) is 33.3 Å². The lowest BCUT2D eigenvalue weighted by Crippen LogP contribution is -2.47. The van der Waals surface area contributed by atoms with E-state index in [-0.39, 0.29) is 5.91 Å². The normalized spacial score (nSPS) is 15.6. The van der Waals surface area contributed by atoms with Gasteiger partial charge in [-0.25, -0.2) is 0 Å². The lowest BCUT2D eigenvalue weighted by Gasteiger charge is -2.38. The summed E-state index contributed by atoms with van der Waals surface area (Å²) in [5.41, 5.74) is 4.29. The Hall–Kier alpha value is -3.05. The van der Waals surface area contributed by atoms with E-state index in [1.165, 1.54) is 0 Å². The number of fused-ring (bicyclic) bond motifs is 1. The minimum atomic E-state index is -0.782. The first-order valence-electron chi connectivity index (χ1n) is 12.1. The number of rotatable bonds is 5. The molecule has 1 aliphatic heterocycles. The molecule has 1 aliphatic rings. The summed E-state index contributed by atoms with van der Waals surface area (Å²) in [7, 11) is 2.01. The van der Waals surface area contributed by atoms with E-state index < -0.39 is 5.60 Å². The Morgan fingerprint density at radius 1 is 0.972 bits per heavy atom. The summed E-state index contributed by atoms with van der Waals surface area (Å²) in [6, 6.07) is 23.5. The Balaban J connectivity index is 1.38. The van der Waals surface area contributed by atoms with Gasteiger partial charge in [0.1, 0.15) is 0 Å². The summed E-state index contributed by atoms with van der Waals surface area (Å²) in [5, 5.41) is 13.4. The van der Waals surface area contributed by atoms with E-state index >= 15 is 0 Å². The minimum absolute atomic E-state index is 0.0575. The summed E-state index contributed by atoms with van der Waals surface area (Å²) >= 11 is 12.5. The van der Waals surface area contributed by atoms with Crippen molar-refractivity contribution in [1.29, 1.82) is 0 Å². The molecule has 5 rings (SSSR count). The van der Waals surface area contributed by atoms with Crippen molar-refractivity contribution in [2.75, 3.05) is 13.1 Å². The van der Waals surface area contributed by atoms with Crippen LogP contribution in [0.5, 0.6) is 0 Å². The second-order valence-corrected chi connectivity index (χ2v) is 10.4. The van der Waals surface area contributed by atoms with Crippen molar-refractivity contribution in [2.45, 2.75) is 24.9 Å². The Bertz CT molecular complexity index is 1420. The van der Waals surface area contributed by atoms with Crippen molar-refractivity contribution >= 4 is 46.1 Å². The van der Waals surface area contributed by atoms with E-state index in [1.807, 2.05) is 90.8 Å². The van der Waals surface area contributed by atoms with Gasteiger partial charge in [0.05, 0.1) is 11.3 Å². The van der Waals surface area contributed by atoms with Crippen molar-refractivity contribution in [1.82, 2.24) is 9.47 Å². The smallest absolute Gasteiger partial charge is 0.246 e. The fourth-order valence-electron chi connectivity index (χ4n) is 5.13. The van der Waals surface area contributed by atoms with Gasteiger partial charge in [-0.1, -0.05) is 65.7 Å². The number of likely N-dealkylation sites (tertiary alicyclic amines) is 1. The van der Waals surface area contributed by atoms with Crippen LogP contribution in [0.15, 0.2) is 78.9 Å². The Labute approximate surface area is 221 Å². The lowest BCUT2D eigenvalue weighted by atomic mass is 9.85. The van der Waals surface area contributed by atoms with Crippen LogP contribution in [0.3, 0.4) is 0 Å². The number of benzene rings is 3. The largest absolute Gasteiger partial charge is 0.389 e. The highest BCUT2D eigenvalue weighted by Crippen LogP contribution is 2.36. The zero-order valence-corrected chi connectivity index (χ0v) is 21.6. The topological polar surface area (TPSA) is 45.5 Å². The van der Waals surface area contributed by atoms with Crippen LogP contribution in [0.1, 0.15) is 24.0 Å². The zero-order valence-electron chi connectivity index (χ0n) is 20.1. The molecule has 1 saturated heterocycles. The second kappa shape index (κ2) is 10.1. The molecule has 0 bridgehead atoms. The van der Waals surface area contributed by atoms with Gasteiger partial charge in [0, 0.05) is 59.1 Å². The van der Waals surface area contributed by atoms with E-state index in [4.69, 9.17) is 23.2 Å². The number of carbonyl (C=O) groups is 1. The van der Waals surface area contributed by atoms with Crippen LogP contribution in [-0.2, 0) is 18.3 Å². The molecule has 1 fully saturated rings. The van der Waals surface area contributed by atoms with Crippen molar-refractivity contribution in [3.05, 3.63) is 100 Å². The van der Waals surface area contributed by atoms with Crippen LogP contribution in [0.25, 0.3) is 28.2 Å².